The molecule has 5 heteroatoms. The first-order valence-corrected chi connectivity index (χ1v) is 11.9. The van der Waals surface area contributed by atoms with Gasteiger partial charge in [0.2, 0.25) is 5.89 Å². The van der Waals surface area contributed by atoms with Gasteiger partial charge in [-0.2, -0.15) is 0 Å². The summed E-state index contributed by atoms with van der Waals surface area (Å²) in [7, 11) is 0. The van der Waals surface area contributed by atoms with Crippen LogP contribution in [0.5, 0.6) is 0 Å². The van der Waals surface area contributed by atoms with E-state index in [1.165, 1.54) is 30.5 Å². The predicted molar refractivity (Wildman–Crippen MR) is 127 cm³/mol. The Morgan fingerprint density at radius 3 is 2.19 bits per heavy atom. The van der Waals surface area contributed by atoms with Gasteiger partial charge in [0.05, 0.1) is 18.9 Å². The van der Waals surface area contributed by atoms with Crippen molar-refractivity contribution in [3.05, 3.63) is 66.1 Å². The van der Waals surface area contributed by atoms with Crippen LogP contribution in [0.25, 0.3) is 22.6 Å². The summed E-state index contributed by atoms with van der Waals surface area (Å²) in [5.41, 5.74) is 4.53. The van der Waals surface area contributed by atoms with Crippen LogP contribution in [0.3, 0.4) is 0 Å². The van der Waals surface area contributed by atoms with Crippen molar-refractivity contribution in [1.29, 1.82) is 0 Å². The van der Waals surface area contributed by atoms with Crippen LogP contribution in [0.2, 0.25) is 0 Å². The summed E-state index contributed by atoms with van der Waals surface area (Å²) in [6, 6.07) is 18.9. The molecule has 0 unspecified atom stereocenters. The van der Waals surface area contributed by atoms with E-state index in [0.29, 0.717) is 0 Å². The maximum absolute atomic E-state index is 6.05. The molecule has 168 valence electrons. The Balaban J connectivity index is 1.17. The van der Waals surface area contributed by atoms with Crippen LogP contribution in [0.15, 0.2) is 59.0 Å². The van der Waals surface area contributed by atoms with Crippen molar-refractivity contribution in [2.75, 3.05) is 45.9 Å². The summed E-state index contributed by atoms with van der Waals surface area (Å²) >= 11 is 0. The highest BCUT2D eigenvalue weighted by molar-refractivity contribution is 5.67. The number of likely N-dealkylation sites (tertiary alicyclic amines) is 1. The van der Waals surface area contributed by atoms with Gasteiger partial charge in [-0.1, -0.05) is 42.5 Å². The third-order valence-corrected chi connectivity index (χ3v) is 6.83. The summed E-state index contributed by atoms with van der Waals surface area (Å²) in [6.07, 6.45) is 2.53. The number of piperidine rings is 1. The number of aryl methyl sites for hydroxylation is 1. The van der Waals surface area contributed by atoms with Crippen molar-refractivity contribution in [2.45, 2.75) is 26.3 Å². The molecule has 0 amide bonds. The van der Waals surface area contributed by atoms with Gasteiger partial charge in [0.25, 0.3) is 0 Å². The molecule has 0 spiro atoms. The highest BCUT2D eigenvalue weighted by atomic mass is 16.5. The van der Waals surface area contributed by atoms with Crippen molar-refractivity contribution in [2.24, 2.45) is 5.92 Å². The Morgan fingerprint density at radius 1 is 0.812 bits per heavy atom. The summed E-state index contributed by atoms with van der Waals surface area (Å²) in [5.74, 6) is 2.46. The number of oxazole rings is 1. The van der Waals surface area contributed by atoms with Gasteiger partial charge in [0.15, 0.2) is 0 Å². The molecule has 32 heavy (non-hydrogen) atoms. The van der Waals surface area contributed by atoms with Gasteiger partial charge in [-0.05, 0) is 62.0 Å². The largest absolute Gasteiger partial charge is 0.441 e. The molecule has 3 heterocycles. The molecule has 0 aliphatic carbocycles. The van der Waals surface area contributed by atoms with Gasteiger partial charge in [0.1, 0.15) is 5.76 Å². The molecular weight excluding hydrogens is 398 g/mol. The normalized spacial score (nSPS) is 18.8. The molecule has 0 radical (unpaired) electrons. The fourth-order valence-electron chi connectivity index (χ4n) is 4.82. The van der Waals surface area contributed by atoms with E-state index in [1.54, 1.807) is 0 Å². The standard InChI is InChI=1S/C27H33N3O2/c1-21-26(20-29-13-11-22(12-14-29)19-30-15-17-31-18-16-30)28-27(32-21)25-9-7-24(8-10-25)23-5-3-2-4-6-23/h2-10,22H,11-20H2,1H3. The van der Waals surface area contributed by atoms with Gasteiger partial charge in [-0.25, -0.2) is 4.98 Å². The predicted octanol–water partition coefficient (Wildman–Crippen LogP) is 4.86. The molecule has 0 saturated carbocycles. The summed E-state index contributed by atoms with van der Waals surface area (Å²) < 4.78 is 11.5. The molecule has 3 aromatic rings. The van der Waals surface area contributed by atoms with Crippen molar-refractivity contribution in [1.82, 2.24) is 14.8 Å². The summed E-state index contributed by atoms with van der Waals surface area (Å²) in [6.45, 7) is 10.4. The maximum atomic E-state index is 6.05. The number of benzene rings is 2. The van der Waals surface area contributed by atoms with E-state index < -0.39 is 0 Å². The molecule has 5 nitrogen and oxygen atoms in total. The van der Waals surface area contributed by atoms with E-state index in [1.807, 2.05) is 13.0 Å². The van der Waals surface area contributed by atoms with Crippen molar-refractivity contribution >= 4 is 0 Å². The molecule has 0 N–H and O–H groups in total. The number of ether oxygens (including phenoxy) is 1. The van der Waals surface area contributed by atoms with E-state index in [2.05, 4.69) is 58.3 Å². The minimum atomic E-state index is 0.722. The SMILES string of the molecule is Cc1oc(-c2ccc(-c3ccccc3)cc2)nc1CN1CCC(CN2CCOCC2)CC1. The van der Waals surface area contributed by atoms with Gasteiger partial charge in [0, 0.05) is 31.7 Å². The molecule has 1 aromatic heterocycles. The highest BCUT2D eigenvalue weighted by Gasteiger charge is 2.24. The Morgan fingerprint density at radius 2 is 1.47 bits per heavy atom. The summed E-state index contributed by atoms with van der Waals surface area (Å²) in [5, 5.41) is 0. The number of aromatic nitrogens is 1. The molecule has 2 aliphatic rings. The Bertz CT molecular complexity index is 986. The number of rotatable bonds is 6. The van der Waals surface area contributed by atoms with Crippen molar-refractivity contribution < 1.29 is 9.15 Å². The Kier molecular flexibility index (Phi) is 6.67. The average Bonchev–Trinajstić information content (AvgIpc) is 3.22. The van der Waals surface area contributed by atoms with Crippen LogP contribution < -0.4 is 0 Å². The topological polar surface area (TPSA) is 41.7 Å². The zero-order chi connectivity index (χ0) is 21.8. The second-order valence-corrected chi connectivity index (χ2v) is 9.10. The maximum Gasteiger partial charge on any atom is 0.226 e. The molecule has 2 saturated heterocycles. The minimum Gasteiger partial charge on any atom is -0.441 e. The molecule has 2 aromatic carbocycles. The number of morpholine rings is 1. The monoisotopic (exact) mass is 431 g/mol. The zero-order valence-electron chi connectivity index (χ0n) is 19.0. The van der Waals surface area contributed by atoms with Gasteiger partial charge < -0.3 is 9.15 Å². The average molecular weight is 432 g/mol. The third-order valence-electron chi connectivity index (χ3n) is 6.83. The molecular formula is C27H33N3O2. The first-order valence-electron chi connectivity index (χ1n) is 11.9. The lowest BCUT2D eigenvalue weighted by atomic mass is 9.96. The van der Waals surface area contributed by atoms with Gasteiger partial charge in [-0.15, -0.1) is 0 Å². The van der Waals surface area contributed by atoms with Crippen LogP contribution in [-0.4, -0.2) is 60.7 Å². The van der Waals surface area contributed by atoms with Crippen LogP contribution in [0.4, 0.5) is 0 Å². The summed E-state index contributed by atoms with van der Waals surface area (Å²) in [4.78, 5) is 9.96. The lowest BCUT2D eigenvalue weighted by Gasteiger charge is -2.35. The second kappa shape index (κ2) is 9.99. The molecule has 2 fully saturated rings. The van der Waals surface area contributed by atoms with Crippen molar-refractivity contribution in [3.8, 4) is 22.6 Å². The zero-order valence-corrected chi connectivity index (χ0v) is 19.0. The van der Waals surface area contributed by atoms with Gasteiger partial charge in [-0.3, -0.25) is 9.80 Å². The van der Waals surface area contributed by atoms with E-state index in [0.717, 1.165) is 74.8 Å². The van der Waals surface area contributed by atoms with E-state index in [4.69, 9.17) is 14.1 Å². The molecule has 0 atom stereocenters. The van der Waals surface area contributed by atoms with Crippen LogP contribution in [0.1, 0.15) is 24.3 Å². The van der Waals surface area contributed by atoms with E-state index >= 15 is 0 Å². The first-order chi connectivity index (χ1) is 15.7. The quantitative estimate of drug-likeness (QED) is 0.557. The highest BCUT2D eigenvalue weighted by Crippen LogP contribution is 2.27. The fraction of sp³-hybridized carbons (Fsp3) is 0.444. The van der Waals surface area contributed by atoms with Crippen molar-refractivity contribution in [3.63, 3.8) is 0 Å². The molecule has 2 aliphatic heterocycles. The molecule has 5 rings (SSSR count). The van der Waals surface area contributed by atoms with Crippen LogP contribution >= 0.6 is 0 Å². The Hall–Kier alpha value is -2.47. The Labute approximate surface area is 191 Å². The molecule has 0 bridgehead atoms. The number of hydrogen-bond acceptors (Lipinski definition) is 5. The van der Waals surface area contributed by atoms with E-state index in [-0.39, 0.29) is 0 Å². The minimum absolute atomic E-state index is 0.722. The third kappa shape index (κ3) is 5.12. The fourth-order valence-corrected chi connectivity index (χ4v) is 4.82. The van der Waals surface area contributed by atoms with Crippen LogP contribution in [-0.2, 0) is 11.3 Å². The lowest BCUT2D eigenvalue weighted by Crippen LogP contribution is -2.42. The number of nitrogens with zero attached hydrogens (tertiary/aromatic N) is 3. The lowest BCUT2D eigenvalue weighted by molar-refractivity contribution is 0.0241. The van der Waals surface area contributed by atoms with Crippen LogP contribution in [0, 0.1) is 12.8 Å². The first kappa shape index (κ1) is 21.4. The smallest absolute Gasteiger partial charge is 0.226 e. The van der Waals surface area contributed by atoms with Gasteiger partial charge >= 0.3 is 0 Å². The second-order valence-electron chi connectivity index (χ2n) is 9.10. The van der Waals surface area contributed by atoms with E-state index in [9.17, 15) is 0 Å². The number of hydrogen-bond donors (Lipinski definition) is 0.